The molecule has 130 valence electrons. The van der Waals surface area contributed by atoms with Gasteiger partial charge in [0.05, 0.1) is 6.21 Å². The molecule has 0 fully saturated rings. The highest BCUT2D eigenvalue weighted by Crippen LogP contribution is 2.17. The number of amides is 1. The van der Waals surface area contributed by atoms with Crippen molar-refractivity contribution in [2.24, 2.45) is 5.10 Å². The fraction of sp³-hybridized carbons (Fsp3) is 0.158. The van der Waals surface area contributed by atoms with Crippen molar-refractivity contribution in [2.75, 3.05) is 6.61 Å². The zero-order valence-corrected chi connectivity index (χ0v) is 15.4. The molecule has 0 radical (unpaired) electrons. The summed E-state index contributed by atoms with van der Waals surface area (Å²) in [4.78, 5) is 12.1. The highest BCUT2D eigenvalue weighted by atomic mass is 79.9. The summed E-state index contributed by atoms with van der Waals surface area (Å²) in [5, 5.41) is 3.97. The van der Waals surface area contributed by atoms with Gasteiger partial charge in [-0.05, 0) is 43.3 Å². The molecular formula is C19H19BrN2O3. The first-order valence-electron chi connectivity index (χ1n) is 7.68. The van der Waals surface area contributed by atoms with Crippen LogP contribution in [0.25, 0.3) is 0 Å². The lowest BCUT2D eigenvalue weighted by Crippen LogP contribution is -2.33. The summed E-state index contributed by atoms with van der Waals surface area (Å²) in [6, 6.07) is 14.7. The number of carbonyl (C=O) groups is 1. The van der Waals surface area contributed by atoms with Crippen LogP contribution in [0.3, 0.4) is 0 Å². The minimum atomic E-state index is -0.675. The van der Waals surface area contributed by atoms with E-state index in [-0.39, 0.29) is 5.91 Å². The van der Waals surface area contributed by atoms with Crippen LogP contribution in [-0.4, -0.2) is 24.8 Å². The Bertz CT molecular complexity index is 745. The summed E-state index contributed by atoms with van der Waals surface area (Å²) < 4.78 is 12.0. The van der Waals surface area contributed by atoms with Gasteiger partial charge in [0.25, 0.3) is 5.91 Å². The zero-order chi connectivity index (χ0) is 18.1. The molecule has 6 heteroatoms. The van der Waals surface area contributed by atoms with Crippen LogP contribution < -0.4 is 14.9 Å². The van der Waals surface area contributed by atoms with E-state index in [2.05, 4.69) is 33.0 Å². The third-order valence-electron chi connectivity index (χ3n) is 3.15. The highest BCUT2D eigenvalue weighted by molar-refractivity contribution is 9.10. The van der Waals surface area contributed by atoms with Crippen LogP contribution in [0.4, 0.5) is 0 Å². The topological polar surface area (TPSA) is 59.9 Å². The quantitative estimate of drug-likeness (QED) is 0.413. The van der Waals surface area contributed by atoms with E-state index in [4.69, 9.17) is 9.47 Å². The van der Waals surface area contributed by atoms with Gasteiger partial charge in [0.1, 0.15) is 18.1 Å². The van der Waals surface area contributed by atoms with E-state index in [9.17, 15) is 4.79 Å². The second-order valence-electron chi connectivity index (χ2n) is 5.09. The first kappa shape index (κ1) is 18.7. The molecule has 5 nitrogen and oxygen atoms in total. The number of hydrazone groups is 1. The van der Waals surface area contributed by atoms with Crippen molar-refractivity contribution in [1.29, 1.82) is 0 Å². The van der Waals surface area contributed by atoms with Crippen LogP contribution in [0.15, 0.2) is 70.8 Å². The Morgan fingerprint density at radius 1 is 1.28 bits per heavy atom. The first-order valence-corrected chi connectivity index (χ1v) is 8.47. The SMILES string of the molecule is C=CCOc1ccccc1C=NNC(=O)C(C)Oc1ccc(Br)cc1. The normalized spacial score (nSPS) is 11.8. The van der Waals surface area contributed by atoms with Crippen LogP contribution in [0.5, 0.6) is 11.5 Å². The molecule has 0 aliphatic carbocycles. The number of ether oxygens (including phenoxy) is 2. The first-order chi connectivity index (χ1) is 12.1. The van der Waals surface area contributed by atoms with Gasteiger partial charge in [0.15, 0.2) is 6.10 Å². The Morgan fingerprint density at radius 2 is 2.00 bits per heavy atom. The molecule has 0 bridgehead atoms. The molecule has 0 spiro atoms. The second kappa shape index (κ2) is 9.64. The Morgan fingerprint density at radius 3 is 2.72 bits per heavy atom. The number of halogens is 1. The number of carbonyl (C=O) groups excluding carboxylic acids is 1. The highest BCUT2D eigenvalue weighted by Gasteiger charge is 2.13. The van der Waals surface area contributed by atoms with Gasteiger partial charge in [-0.15, -0.1) is 0 Å². The van der Waals surface area contributed by atoms with Crippen molar-refractivity contribution >= 4 is 28.1 Å². The minimum Gasteiger partial charge on any atom is -0.489 e. The predicted molar refractivity (Wildman–Crippen MR) is 102 cm³/mol. The van der Waals surface area contributed by atoms with Gasteiger partial charge < -0.3 is 9.47 Å². The lowest BCUT2D eigenvalue weighted by atomic mass is 10.2. The molecule has 0 aliphatic heterocycles. The number of nitrogens with one attached hydrogen (secondary N) is 1. The molecule has 2 rings (SSSR count). The Hall–Kier alpha value is -2.60. The van der Waals surface area contributed by atoms with Gasteiger partial charge in [-0.3, -0.25) is 4.79 Å². The van der Waals surface area contributed by atoms with Gasteiger partial charge in [-0.25, -0.2) is 5.43 Å². The predicted octanol–water partition coefficient (Wildman–Crippen LogP) is 3.93. The van der Waals surface area contributed by atoms with Gasteiger partial charge in [0, 0.05) is 10.0 Å². The summed E-state index contributed by atoms with van der Waals surface area (Å²) in [6.07, 6.45) is 2.52. The van der Waals surface area contributed by atoms with Crippen molar-refractivity contribution < 1.29 is 14.3 Å². The number of hydrogen-bond acceptors (Lipinski definition) is 4. The van der Waals surface area contributed by atoms with E-state index in [0.29, 0.717) is 18.1 Å². The maximum absolute atomic E-state index is 12.1. The van der Waals surface area contributed by atoms with Crippen molar-refractivity contribution in [2.45, 2.75) is 13.0 Å². The lowest BCUT2D eigenvalue weighted by Gasteiger charge is -2.13. The van der Waals surface area contributed by atoms with Crippen LogP contribution in [-0.2, 0) is 4.79 Å². The molecule has 0 saturated heterocycles. The van der Waals surface area contributed by atoms with Crippen LogP contribution >= 0.6 is 15.9 Å². The smallest absolute Gasteiger partial charge is 0.280 e. The molecule has 1 N–H and O–H groups in total. The Balaban J connectivity index is 1.91. The number of benzene rings is 2. The molecule has 0 aliphatic rings. The maximum atomic E-state index is 12.1. The van der Waals surface area contributed by atoms with Gasteiger partial charge >= 0.3 is 0 Å². The number of nitrogens with zero attached hydrogens (tertiary/aromatic N) is 1. The Labute approximate surface area is 155 Å². The van der Waals surface area contributed by atoms with E-state index < -0.39 is 6.10 Å². The molecule has 1 atom stereocenters. The van der Waals surface area contributed by atoms with Crippen LogP contribution in [0.2, 0.25) is 0 Å². The molecule has 2 aromatic carbocycles. The van der Waals surface area contributed by atoms with E-state index in [0.717, 1.165) is 10.0 Å². The van der Waals surface area contributed by atoms with Crippen LogP contribution in [0, 0.1) is 0 Å². The molecule has 1 unspecified atom stereocenters. The molecular weight excluding hydrogens is 384 g/mol. The molecule has 0 aromatic heterocycles. The van der Waals surface area contributed by atoms with E-state index in [1.807, 2.05) is 36.4 Å². The largest absolute Gasteiger partial charge is 0.489 e. The molecule has 0 heterocycles. The molecule has 1 amide bonds. The number of hydrogen-bond donors (Lipinski definition) is 1. The van der Waals surface area contributed by atoms with Crippen molar-refractivity contribution in [3.63, 3.8) is 0 Å². The van der Waals surface area contributed by atoms with Gasteiger partial charge in [0.2, 0.25) is 0 Å². The van der Waals surface area contributed by atoms with E-state index >= 15 is 0 Å². The third-order valence-corrected chi connectivity index (χ3v) is 3.68. The molecule has 2 aromatic rings. The fourth-order valence-electron chi connectivity index (χ4n) is 1.89. The molecule has 0 saturated carbocycles. The summed E-state index contributed by atoms with van der Waals surface area (Å²) in [5.41, 5.74) is 3.22. The zero-order valence-electron chi connectivity index (χ0n) is 13.8. The Kier molecular flexibility index (Phi) is 7.22. The summed E-state index contributed by atoms with van der Waals surface area (Å²) in [7, 11) is 0. The summed E-state index contributed by atoms with van der Waals surface area (Å²) in [5.74, 6) is 0.932. The van der Waals surface area contributed by atoms with Crippen LogP contribution in [0.1, 0.15) is 12.5 Å². The average molecular weight is 403 g/mol. The number of para-hydroxylation sites is 1. The second-order valence-corrected chi connectivity index (χ2v) is 6.00. The third kappa shape index (κ3) is 6.08. The summed E-state index contributed by atoms with van der Waals surface area (Å²) in [6.45, 7) is 5.68. The standard InChI is InChI=1S/C19H19BrN2O3/c1-3-12-24-18-7-5-4-6-15(18)13-21-22-19(23)14(2)25-17-10-8-16(20)9-11-17/h3-11,13-14H,1,12H2,2H3,(H,22,23). The van der Waals surface area contributed by atoms with Crippen molar-refractivity contribution in [3.8, 4) is 11.5 Å². The monoisotopic (exact) mass is 402 g/mol. The van der Waals surface area contributed by atoms with Crippen molar-refractivity contribution in [1.82, 2.24) is 5.43 Å². The fourth-order valence-corrected chi connectivity index (χ4v) is 2.16. The molecule has 25 heavy (non-hydrogen) atoms. The van der Waals surface area contributed by atoms with Crippen molar-refractivity contribution in [3.05, 3.63) is 71.2 Å². The maximum Gasteiger partial charge on any atom is 0.280 e. The summed E-state index contributed by atoms with van der Waals surface area (Å²) >= 11 is 3.35. The lowest BCUT2D eigenvalue weighted by molar-refractivity contribution is -0.127. The minimum absolute atomic E-state index is 0.344. The van der Waals surface area contributed by atoms with Gasteiger partial charge in [-0.1, -0.05) is 40.7 Å². The van der Waals surface area contributed by atoms with E-state index in [1.54, 1.807) is 25.1 Å². The number of rotatable bonds is 8. The average Bonchev–Trinajstić information content (AvgIpc) is 2.62. The van der Waals surface area contributed by atoms with E-state index in [1.165, 1.54) is 6.21 Å². The van der Waals surface area contributed by atoms with Gasteiger partial charge in [-0.2, -0.15) is 5.10 Å².